The van der Waals surface area contributed by atoms with E-state index < -0.39 is 0 Å². The van der Waals surface area contributed by atoms with Crippen LogP contribution in [0.4, 0.5) is 0 Å². The molecule has 0 fully saturated rings. The number of amides is 1. The fourth-order valence-corrected chi connectivity index (χ4v) is 1.74. The summed E-state index contributed by atoms with van der Waals surface area (Å²) in [6.45, 7) is 3.70. The molecule has 18 heavy (non-hydrogen) atoms. The molecule has 0 bridgehead atoms. The Bertz CT molecular complexity index is 535. The standard InChI is InChI=1S/C13H18N4O/c1-3-16(2)13(18)10-14-8-11-9-15-17-7-5-4-6-12(11)17/h4-7,9,14H,3,8,10H2,1-2H3. The molecule has 2 heterocycles. The highest BCUT2D eigenvalue weighted by molar-refractivity contribution is 5.77. The van der Waals surface area contributed by atoms with Crippen molar-refractivity contribution < 1.29 is 4.79 Å². The van der Waals surface area contributed by atoms with E-state index in [1.807, 2.05) is 42.0 Å². The lowest BCUT2D eigenvalue weighted by Crippen LogP contribution is -2.35. The highest BCUT2D eigenvalue weighted by atomic mass is 16.2. The van der Waals surface area contributed by atoms with Gasteiger partial charge in [-0.1, -0.05) is 6.07 Å². The van der Waals surface area contributed by atoms with Crippen LogP contribution in [0.1, 0.15) is 12.5 Å². The average Bonchev–Trinajstić information content (AvgIpc) is 2.81. The first kappa shape index (κ1) is 12.6. The predicted octanol–water partition coefficient (Wildman–Crippen LogP) is 0.902. The summed E-state index contributed by atoms with van der Waals surface area (Å²) in [6.07, 6.45) is 3.74. The molecular weight excluding hydrogens is 228 g/mol. The summed E-state index contributed by atoms with van der Waals surface area (Å²) >= 11 is 0. The fraction of sp³-hybridized carbons (Fsp3) is 0.385. The van der Waals surface area contributed by atoms with Gasteiger partial charge >= 0.3 is 0 Å². The minimum atomic E-state index is 0.106. The van der Waals surface area contributed by atoms with Crippen LogP contribution in [-0.2, 0) is 11.3 Å². The molecule has 2 aromatic rings. The quantitative estimate of drug-likeness (QED) is 0.853. The number of pyridine rings is 1. The number of fused-ring (bicyclic) bond motifs is 1. The molecule has 0 aliphatic rings. The molecule has 5 nitrogen and oxygen atoms in total. The summed E-state index contributed by atoms with van der Waals surface area (Å²) in [5.74, 6) is 0.106. The Morgan fingerprint density at radius 1 is 1.50 bits per heavy atom. The molecule has 2 rings (SSSR count). The molecule has 0 saturated carbocycles. The Morgan fingerprint density at radius 3 is 3.11 bits per heavy atom. The van der Waals surface area contributed by atoms with Crippen LogP contribution in [0.15, 0.2) is 30.6 Å². The largest absolute Gasteiger partial charge is 0.345 e. The number of carbonyl (C=O) groups excluding carboxylic acids is 1. The van der Waals surface area contributed by atoms with Gasteiger partial charge in [0, 0.05) is 31.9 Å². The minimum absolute atomic E-state index is 0.106. The van der Waals surface area contributed by atoms with E-state index in [0.29, 0.717) is 13.1 Å². The molecule has 96 valence electrons. The highest BCUT2D eigenvalue weighted by Gasteiger charge is 2.07. The number of hydrogen-bond acceptors (Lipinski definition) is 3. The number of hydrogen-bond donors (Lipinski definition) is 1. The van der Waals surface area contributed by atoms with E-state index in [0.717, 1.165) is 17.6 Å². The van der Waals surface area contributed by atoms with Crippen LogP contribution in [0, 0.1) is 0 Å². The topological polar surface area (TPSA) is 49.6 Å². The zero-order chi connectivity index (χ0) is 13.0. The van der Waals surface area contributed by atoms with Crippen LogP contribution in [0.2, 0.25) is 0 Å². The Morgan fingerprint density at radius 2 is 2.33 bits per heavy atom. The molecule has 1 N–H and O–H groups in total. The normalized spacial score (nSPS) is 10.8. The van der Waals surface area contributed by atoms with Gasteiger partial charge in [0.1, 0.15) is 0 Å². The van der Waals surface area contributed by atoms with Crippen molar-refractivity contribution in [1.82, 2.24) is 19.8 Å². The van der Waals surface area contributed by atoms with Gasteiger partial charge in [0.2, 0.25) is 5.91 Å². The number of aromatic nitrogens is 2. The number of carbonyl (C=O) groups is 1. The highest BCUT2D eigenvalue weighted by Crippen LogP contribution is 2.08. The summed E-state index contributed by atoms with van der Waals surface area (Å²) in [5, 5.41) is 7.40. The summed E-state index contributed by atoms with van der Waals surface area (Å²) in [6, 6.07) is 5.94. The van der Waals surface area contributed by atoms with E-state index in [9.17, 15) is 4.79 Å². The average molecular weight is 246 g/mol. The van der Waals surface area contributed by atoms with Crippen LogP contribution >= 0.6 is 0 Å². The lowest BCUT2D eigenvalue weighted by Gasteiger charge is -2.14. The summed E-state index contributed by atoms with van der Waals surface area (Å²) in [7, 11) is 1.80. The maximum absolute atomic E-state index is 11.6. The van der Waals surface area contributed by atoms with E-state index in [-0.39, 0.29) is 5.91 Å². The smallest absolute Gasteiger partial charge is 0.236 e. The third-order valence-corrected chi connectivity index (χ3v) is 3.00. The molecule has 0 atom stereocenters. The van der Waals surface area contributed by atoms with Crippen molar-refractivity contribution in [3.05, 3.63) is 36.2 Å². The van der Waals surface area contributed by atoms with E-state index in [1.54, 1.807) is 11.9 Å². The molecule has 0 aliphatic heterocycles. The molecule has 0 radical (unpaired) electrons. The molecule has 0 aliphatic carbocycles. The molecule has 0 spiro atoms. The third kappa shape index (κ3) is 2.68. The van der Waals surface area contributed by atoms with Gasteiger partial charge in [0.15, 0.2) is 0 Å². The van der Waals surface area contributed by atoms with Crippen molar-refractivity contribution in [2.75, 3.05) is 20.1 Å². The van der Waals surface area contributed by atoms with Crippen LogP contribution in [-0.4, -0.2) is 40.6 Å². The monoisotopic (exact) mass is 246 g/mol. The first-order valence-electron chi connectivity index (χ1n) is 6.08. The van der Waals surface area contributed by atoms with Gasteiger partial charge in [0.25, 0.3) is 0 Å². The molecule has 1 amide bonds. The maximum Gasteiger partial charge on any atom is 0.236 e. The molecule has 0 aromatic carbocycles. The van der Waals surface area contributed by atoms with Crippen molar-refractivity contribution in [2.45, 2.75) is 13.5 Å². The molecule has 0 saturated heterocycles. The SMILES string of the molecule is CCN(C)C(=O)CNCc1cnn2ccccc12. The van der Waals surface area contributed by atoms with Crippen LogP contribution in [0.3, 0.4) is 0 Å². The third-order valence-electron chi connectivity index (χ3n) is 3.00. The lowest BCUT2D eigenvalue weighted by atomic mass is 10.2. The van der Waals surface area contributed by atoms with Crippen molar-refractivity contribution in [2.24, 2.45) is 0 Å². The van der Waals surface area contributed by atoms with Gasteiger partial charge in [-0.25, -0.2) is 4.52 Å². The van der Waals surface area contributed by atoms with Gasteiger partial charge in [-0.2, -0.15) is 5.10 Å². The Labute approximate surface area is 106 Å². The lowest BCUT2D eigenvalue weighted by molar-refractivity contribution is -0.128. The Kier molecular flexibility index (Phi) is 3.94. The zero-order valence-corrected chi connectivity index (χ0v) is 10.8. The van der Waals surface area contributed by atoms with Gasteiger partial charge < -0.3 is 10.2 Å². The van der Waals surface area contributed by atoms with E-state index in [4.69, 9.17) is 0 Å². The number of nitrogens with one attached hydrogen (secondary N) is 1. The van der Waals surface area contributed by atoms with E-state index >= 15 is 0 Å². The molecule has 5 heteroatoms. The van der Waals surface area contributed by atoms with E-state index in [2.05, 4.69) is 10.4 Å². The van der Waals surface area contributed by atoms with Crippen LogP contribution in [0.5, 0.6) is 0 Å². The number of likely N-dealkylation sites (N-methyl/N-ethyl adjacent to an activating group) is 1. The number of rotatable bonds is 5. The molecular formula is C13H18N4O. The van der Waals surface area contributed by atoms with Gasteiger partial charge in [-0.05, 0) is 19.1 Å². The second kappa shape index (κ2) is 5.64. The van der Waals surface area contributed by atoms with Gasteiger partial charge in [-0.15, -0.1) is 0 Å². The van der Waals surface area contributed by atoms with Crippen LogP contribution < -0.4 is 5.32 Å². The van der Waals surface area contributed by atoms with Gasteiger partial charge in [0.05, 0.1) is 18.3 Å². The molecule has 0 unspecified atom stereocenters. The van der Waals surface area contributed by atoms with Crippen molar-refractivity contribution >= 4 is 11.4 Å². The van der Waals surface area contributed by atoms with E-state index in [1.165, 1.54) is 0 Å². The van der Waals surface area contributed by atoms with Crippen molar-refractivity contribution in [3.63, 3.8) is 0 Å². The summed E-state index contributed by atoms with van der Waals surface area (Å²) < 4.78 is 1.83. The second-order valence-electron chi connectivity index (χ2n) is 4.21. The fourth-order valence-electron chi connectivity index (χ4n) is 1.74. The van der Waals surface area contributed by atoms with Crippen molar-refractivity contribution in [1.29, 1.82) is 0 Å². The maximum atomic E-state index is 11.6. The summed E-state index contributed by atoms with van der Waals surface area (Å²) in [5.41, 5.74) is 2.17. The second-order valence-corrected chi connectivity index (χ2v) is 4.21. The van der Waals surface area contributed by atoms with Crippen molar-refractivity contribution in [3.8, 4) is 0 Å². The Balaban J connectivity index is 1.93. The summed E-state index contributed by atoms with van der Waals surface area (Å²) in [4.78, 5) is 13.3. The van der Waals surface area contributed by atoms with Crippen LogP contribution in [0.25, 0.3) is 5.52 Å². The Hall–Kier alpha value is -1.88. The first-order valence-corrected chi connectivity index (χ1v) is 6.08. The van der Waals surface area contributed by atoms with Gasteiger partial charge in [-0.3, -0.25) is 4.79 Å². The minimum Gasteiger partial charge on any atom is -0.345 e. The number of nitrogens with zero attached hydrogens (tertiary/aromatic N) is 3. The predicted molar refractivity (Wildman–Crippen MR) is 70.2 cm³/mol. The zero-order valence-electron chi connectivity index (χ0n) is 10.8. The molecule has 2 aromatic heterocycles. The first-order chi connectivity index (χ1) is 8.72.